The van der Waals surface area contributed by atoms with Gasteiger partial charge in [-0.15, -0.1) is 0 Å². The first-order chi connectivity index (χ1) is 12.6. The number of hydrogen-bond acceptors (Lipinski definition) is 3. The van der Waals surface area contributed by atoms with E-state index in [0.29, 0.717) is 22.8 Å². The van der Waals surface area contributed by atoms with Crippen LogP contribution in [0.25, 0.3) is 0 Å². The maximum absolute atomic E-state index is 14.4. The lowest BCUT2D eigenvalue weighted by Gasteiger charge is -2.28. The summed E-state index contributed by atoms with van der Waals surface area (Å²) in [5.74, 6) is -0.256. The standard InChI is InChI=1S/C21H25ClFN3/c1-3-25(4-2)13-14-26-12-11-24-21(17-7-5-6-8-19(17)23)18-15-16(22)9-10-20(18)26/h5-10,15H,3-4,11-14H2,1-2H3. The zero-order valence-corrected chi connectivity index (χ0v) is 16.1. The number of aliphatic imine (C=N–C) groups is 1. The summed E-state index contributed by atoms with van der Waals surface area (Å²) in [5.41, 5.74) is 3.19. The molecular weight excluding hydrogens is 349 g/mol. The first-order valence-electron chi connectivity index (χ1n) is 9.20. The third-order valence-electron chi connectivity index (χ3n) is 4.90. The van der Waals surface area contributed by atoms with Gasteiger partial charge in [-0.2, -0.15) is 0 Å². The van der Waals surface area contributed by atoms with Gasteiger partial charge in [0.15, 0.2) is 0 Å². The van der Waals surface area contributed by atoms with Crippen LogP contribution in [-0.2, 0) is 0 Å². The van der Waals surface area contributed by atoms with E-state index in [0.717, 1.165) is 44.0 Å². The summed E-state index contributed by atoms with van der Waals surface area (Å²) in [6, 6.07) is 12.6. The topological polar surface area (TPSA) is 18.8 Å². The Balaban J connectivity index is 1.97. The number of benzene rings is 2. The van der Waals surface area contributed by atoms with Gasteiger partial charge in [-0.05, 0) is 43.4 Å². The molecule has 2 aromatic rings. The minimum Gasteiger partial charge on any atom is -0.368 e. The summed E-state index contributed by atoms with van der Waals surface area (Å²) in [6.07, 6.45) is 0. The fourth-order valence-corrected chi connectivity index (χ4v) is 3.55. The molecule has 0 fully saturated rings. The van der Waals surface area contributed by atoms with E-state index in [1.165, 1.54) is 6.07 Å². The van der Waals surface area contributed by atoms with Crippen molar-refractivity contribution in [3.05, 3.63) is 64.4 Å². The third-order valence-corrected chi connectivity index (χ3v) is 5.14. The van der Waals surface area contributed by atoms with Gasteiger partial charge in [-0.25, -0.2) is 4.39 Å². The highest BCUT2D eigenvalue weighted by Gasteiger charge is 2.22. The molecule has 2 aromatic carbocycles. The van der Waals surface area contributed by atoms with Crippen molar-refractivity contribution >= 4 is 23.0 Å². The van der Waals surface area contributed by atoms with Gasteiger partial charge in [-0.1, -0.05) is 37.6 Å². The second-order valence-corrected chi connectivity index (χ2v) is 6.82. The van der Waals surface area contributed by atoms with E-state index in [4.69, 9.17) is 16.6 Å². The minimum absolute atomic E-state index is 0.256. The van der Waals surface area contributed by atoms with E-state index >= 15 is 0 Å². The van der Waals surface area contributed by atoms with Crippen molar-refractivity contribution in [2.24, 2.45) is 4.99 Å². The molecule has 1 heterocycles. The molecule has 0 saturated heterocycles. The largest absolute Gasteiger partial charge is 0.368 e. The number of likely N-dealkylation sites (N-methyl/N-ethyl adjacent to an activating group) is 1. The van der Waals surface area contributed by atoms with Gasteiger partial charge in [0.25, 0.3) is 0 Å². The maximum atomic E-state index is 14.4. The van der Waals surface area contributed by atoms with Gasteiger partial charge >= 0.3 is 0 Å². The number of halogens is 2. The van der Waals surface area contributed by atoms with Crippen LogP contribution in [0.3, 0.4) is 0 Å². The average molecular weight is 374 g/mol. The monoisotopic (exact) mass is 373 g/mol. The third kappa shape index (κ3) is 4.08. The summed E-state index contributed by atoms with van der Waals surface area (Å²) < 4.78 is 14.4. The van der Waals surface area contributed by atoms with Crippen LogP contribution in [0.4, 0.5) is 10.1 Å². The lowest BCUT2D eigenvalue weighted by atomic mass is 9.99. The van der Waals surface area contributed by atoms with Crippen LogP contribution in [0.5, 0.6) is 0 Å². The van der Waals surface area contributed by atoms with Gasteiger partial charge in [0, 0.05) is 41.5 Å². The summed E-state index contributed by atoms with van der Waals surface area (Å²) in [7, 11) is 0. The molecule has 0 atom stereocenters. The van der Waals surface area contributed by atoms with Crippen LogP contribution in [0, 0.1) is 5.82 Å². The molecule has 0 bridgehead atoms. The van der Waals surface area contributed by atoms with E-state index in [1.54, 1.807) is 12.1 Å². The van der Waals surface area contributed by atoms with E-state index in [-0.39, 0.29) is 5.82 Å². The lowest BCUT2D eigenvalue weighted by molar-refractivity contribution is 0.309. The van der Waals surface area contributed by atoms with Gasteiger partial charge in [0.2, 0.25) is 0 Å². The second kappa shape index (κ2) is 8.65. The normalized spacial score (nSPS) is 14.2. The molecule has 3 rings (SSSR count). The molecule has 0 saturated carbocycles. The fraction of sp³-hybridized carbons (Fsp3) is 0.381. The van der Waals surface area contributed by atoms with Crippen molar-refractivity contribution in [3.63, 3.8) is 0 Å². The first kappa shape index (κ1) is 18.9. The van der Waals surface area contributed by atoms with E-state index < -0.39 is 0 Å². The zero-order valence-electron chi connectivity index (χ0n) is 15.4. The summed E-state index contributed by atoms with van der Waals surface area (Å²) >= 11 is 6.27. The molecule has 1 aliphatic heterocycles. The number of nitrogens with zero attached hydrogens (tertiary/aromatic N) is 3. The molecular formula is C21H25ClFN3. The van der Waals surface area contributed by atoms with Crippen molar-refractivity contribution in [2.75, 3.05) is 44.2 Å². The second-order valence-electron chi connectivity index (χ2n) is 6.39. The lowest BCUT2D eigenvalue weighted by Crippen LogP contribution is -2.36. The van der Waals surface area contributed by atoms with Crippen LogP contribution in [0.15, 0.2) is 47.5 Å². The Kier molecular flexibility index (Phi) is 6.28. The van der Waals surface area contributed by atoms with Crippen LogP contribution in [0.1, 0.15) is 25.0 Å². The summed E-state index contributed by atoms with van der Waals surface area (Å²) in [5, 5.41) is 0.637. The van der Waals surface area contributed by atoms with Crippen LogP contribution < -0.4 is 4.90 Å². The molecule has 26 heavy (non-hydrogen) atoms. The molecule has 0 radical (unpaired) electrons. The summed E-state index contributed by atoms with van der Waals surface area (Å²) in [6.45, 7) is 9.78. The number of rotatable bonds is 6. The maximum Gasteiger partial charge on any atom is 0.132 e. The Hall–Kier alpha value is -1.91. The molecule has 3 nitrogen and oxygen atoms in total. The van der Waals surface area contributed by atoms with Crippen molar-refractivity contribution in [2.45, 2.75) is 13.8 Å². The van der Waals surface area contributed by atoms with Crippen molar-refractivity contribution in [1.29, 1.82) is 0 Å². The smallest absolute Gasteiger partial charge is 0.132 e. The molecule has 138 valence electrons. The van der Waals surface area contributed by atoms with Crippen molar-refractivity contribution < 1.29 is 4.39 Å². The molecule has 0 aliphatic carbocycles. The Morgan fingerprint density at radius 1 is 1.12 bits per heavy atom. The highest BCUT2D eigenvalue weighted by molar-refractivity contribution is 6.31. The van der Waals surface area contributed by atoms with Crippen LogP contribution >= 0.6 is 11.6 Å². The quantitative estimate of drug-likeness (QED) is 0.743. The average Bonchev–Trinajstić information content (AvgIpc) is 2.82. The van der Waals surface area contributed by atoms with Gasteiger partial charge < -0.3 is 9.80 Å². The minimum atomic E-state index is -0.256. The van der Waals surface area contributed by atoms with Crippen molar-refractivity contribution in [1.82, 2.24) is 4.90 Å². The predicted molar refractivity (Wildman–Crippen MR) is 108 cm³/mol. The number of hydrogen-bond donors (Lipinski definition) is 0. The van der Waals surface area contributed by atoms with Gasteiger partial charge in [0.05, 0.1) is 12.3 Å². The highest BCUT2D eigenvalue weighted by atomic mass is 35.5. The first-order valence-corrected chi connectivity index (χ1v) is 9.58. The fourth-order valence-electron chi connectivity index (χ4n) is 3.38. The Morgan fingerprint density at radius 2 is 1.88 bits per heavy atom. The number of fused-ring (bicyclic) bond motifs is 1. The number of anilines is 1. The molecule has 1 aliphatic rings. The highest BCUT2D eigenvalue weighted by Crippen LogP contribution is 2.29. The molecule has 0 spiro atoms. The Bertz CT molecular complexity index is 787. The summed E-state index contributed by atoms with van der Waals surface area (Å²) in [4.78, 5) is 9.45. The molecule has 0 unspecified atom stereocenters. The molecule has 0 amide bonds. The van der Waals surface area contributed by atoms with E-state index in [1.807, 2.05) is 24.3 Å². The molecule has 0 N–H and O–H groups in total. The van der Waals surface area contributed by atoms with Crippen LogP contribution in [0.2, 0.25) is 5.02 Å². The van der Waals surface area contributed by atoms with E-state index in [2.05, 4.69) is 23.6 Å². The zero-order chi connectivity index (χ0) is 18.5. The van der Waals surface area contributed by atoms with Crippen molar-refractivity contribution in [3.8, 4) is 0 Å². The molecule has 5 heteroatoms. The Labute approximate surface area is 160 Å². The van der Waals surface area contributed by atoms with E-state index in [9.17, 15) is 4.39 Å². The van der Waals surface area contributed by atoms with Gasteiger partial charge in [-0.3, -0.25) is 4.99 Å². The van der Waals surface area contributed by atoms with Crippen LogP contribution in [-0.4, -0.2) is 49.9 Å². The SMILES string of the molecule is CCN(CC)CCN1CCN=C(c2ccccc2F)c2cc(Cl)ccc21. The Morgan fingerprint density at radius 3 is 2.62 bits per heavy atom. The molecule has 0 aromatic heterocycles. The predicted octanol–water partition coefficient (Wildman–Crippen LogP) is 4.48. The van der Waals surface area contributed by atoms with Gasteiger partial charge in [0.1, 0.15) is 5.82 Å². The number of benzodiazepines with no additional fused rings is 1.